The SMILES string of the molecule is CCC1c2ccccc2-c2cc(NC(=O)CC(C)=O)ccc21. The number of carbonyl (C=O) groups excluding carboxylic acids is 2. The van der Waals surface area contributed by atoms with Crippen molar-refractivity contribution >= 4 is 17.4 Å². The van der Waals surface area contributed by atoms with E-state index in [1.165, 1.54) is 29.2 Å². The lowest BCUT2D eigenvalue weighted by Gasteiger charge is -2.11. The van der Waals surface area contributed by atoms with E-state index in [0.29, 0.717) is 5.92 Å². The summed E-state index contributed by atoms with van der Waals surface area (Å²) >= 11 is 0. The van der Waals surface area contributed by atoms with E-state index in [4.69, 9.17) is 0 Å². The first-order valence-corrected chi connectivity index (χ1v) is 7.62. The quantitative estimate of drug-likeness (QED) is 0.862. The van der Waals surface area contributed by atoms with Crippen molar-refractivity contribution in [2.24, 2.45) is 0 Å². The highest BCUT2D eigenvalue weighted by Gasteiger charge is 2.27. The molecule has 1 amide bonds. The lowest BCUT2D eigenvalue weighted by Crippen LogP contribution is -2.14. The summed E-state index contributed by atoms with van der Waals surface area (Å²) in [6, 6.07) is 14.5. The summed E-state index contributed by atoms with van der Waals surface area (Å²) in [6.45, 7) is 3.61. The molecule has 1 aliphatic carbocycles. The zero-order chi connectivity index (χ0) is 15.7. The summed E-state index contributed by atoms with van der Waals surface area (Å²) in [7, 11) is 0. The van der Waals surface area contributed by atoms with Crippen LogP contribution in [0.25, 0.3) is 11.1 Å². The Morgan fingerprint density at radius 3 is 2.50 bits per heavy atom. The van der Waals surface area contributed by atoms with Crippen molar-refractivity contribution in [1.29, 1.82) is 0 Å². The van der Waals surface area contributed by atoms with Crippen molar-refractivity contribution in [1.82, 2.24) is 0 Å². The molecule has 2 aromatic carbocycles. The minimum Gasteiger partial charge on any atom is -0.326 e. The number of carbonyl (C=O) groups is 2. The standard InChI is InChI=1S/C19H19NO2/c1-3-14-15-6-4-5-7-16(15)18-11-13(8-9-17(14)18)20-19(22)10-12(2)21/h4-9,11,14H,3,10H2,1-2H3,(H,20,22). The van der Waals surface area contributed by atoms with Gasteiger partial charge >= 0.3 is 0 Å². The first-order chi connectivity index (χ1) is 10.6. The van der Waals surface area contributed by atoms with Crippen LogP contribution in [0.5, 0.6) is 0 Å². The molecule has 0 fully saturated rings. The van der Waals surface area contributed by atoms with E-state index in [9.17, 15) is 9.59 Å². The Balaban J connectivity index is 1.95. The molecule has 3 heteroatoms. The second kappa shape index (κ2) is 5.76. The molecule has 1 N–H and O–H groups in total. The minimum atomic E-state index is -0.259. The Kier molecular flexibility index (Phi) is 3.80. The Labute approximate surface area is 130 Å². The number of nitrogens with one attached hydrogen (secondary N) is 1. The monoisotopic (exact) mass is 293 g/mol. The van der Waals surface area contributed by atoms with Crippen LogP contribution in [0.2, 0.25) is 0 Å². The third-order valence-corrected chi connectivity index (χ3v) is 4.16. The molecule has 0 heterocycles. The lowest BCUT2D eigenvalue weighted by atomic mass is 9.94. The van der Waals surface area contributed by atoms with E-state index in [1.807, 2.05) is 18.2 Å². The maximum atomic E-state index is 11.8. The van der Waals surface area contributed by atoms with Crippen LogP contribution in [-0.2, 0) is 9.59 Å². The van der Waals surface area contributed by atoms with Gasteiger partial charge in [-0.05, 0) is 47.7 Å². The Morgan fingerprint density at radius 1 is 1.05 bits per heavy atom. The number of hydrogen-bond acceptors (Lipinski definition) is 2. The van der Waals surface area contributed by atoms with Gasteiger partial charge in [-0.3, -0.25) is 9.59 Å². The van der Waals surface area contributed by atoms with Gasteiger partial charge in [0, 0.05) is 11.6 Å². The molecule has 112 valence electrons. The maximum Gasteiger partial charge on any atom is 0.231 e. The molecule has 1 unspecified atom stereocenters. The van der Waals surface area contributed by atoms with Gasteiger partial charge in [-0.1, -0.05) is 37.3 Å². The van der Waals surface area contributed by atoms with Crippen LogP contribution < -0.4 is 5.32 Å². The van der Waals surface area contributed by atoms with E-state index in [1.54, 1.807) is 0 Å². The summed E-state index contributed by atoms with van der Waals surface area (Å²) in [6.07, 6.45) is 0.977. The average molecular weight is 293 g/mol. The average Bonchev–Trinajstić information content (AvgIpc) is 2.79. The number of hydrogen-bond donors (Lipinski definition) is 1. The normalized spacial score (nSPS) is 15.1. The fourth-order valence-electron chi connectivity index (χ4n) is 3.26. The lowest BCUT2D eigenvalue weighted by molar-refractivity contribution is -0.124. The van der Waals surface area contributed by atoms with Crippen LogP contribution in [0, 0.1) is 0 Å². The summed E-state index contributed by atoms with van der Waals surface area (Å²) in [5, 5.41) is 2.81. The van der Waals surface area contributed by atoms with Crippen LogP contribution >= 0.6 is 0 Å². The van der Waals surface area contributed by atoms with Gasteiger partial charge in [0.25, 0.3) is 0 Å². The predicted molar refractivity (Wildman–Crippen MR) is 87.9 cm³/mol. The topological polar surface area (TPSA) is 46.2 Å². The molecule has 22 heavy (non-hydrogen) atoms. The first-order valence-electron chi connectivity index (χ1n) is 7.62. The number of benzene rings is 2. The van der Waals surface area contributed by atoms with E-state index in [2.05, 4.69) is 36.5 Å². The Bertz CT molecular complexity index is 749. The number of anilines is 1. The van der Waals surface area contributed by atoms with Gasteiger partial charge in [-0.15, -0.1) is 0 Å². The summed E-state index contributed by atoms with van der Waals surface area (Å²) in [4.78, 5) is 22.8. The van der Waals surface area contributed by atoms with E-state index in [0.717, 1.165) is 12.1 Å². The van der Waals surface area contributed by atoms with Crippen molar-refractivity contribution in [2.75, 3.05) is 5.32 Å². The Morgan fingerprint density at radius 2 is 1.77 bits per heavy atom. The number of rotatable bonds is 4. The predicted octanol–water partition coefficient (Wildman–Crippen LogP) is 4.13. The molecule has 1 aliphatic rings. The second-order valence-electron chi connectivity index (χ2n) is 5.78. The molecule has 0 saturated heterocycles. The van der Waals surface area contributed by atoms with Gasteiger partial charge < -0.3 is 5.32 Å². The van der Waals surface area contributed by atoms with Gasteiger partial charge in [0.1, 0.15) is 5.78 Å². The molecule has 0 spiro atoms. The largest absolute Gasteiger partial charge is 0.326 e. The number of ketones is 1. The first kappa shape index (κ1) is 14.5. The molecule has 3 nitrogen and oxygen atoms in total. The molecule has 0 bridgehead atoms. The smallest absolute Gasteiger partial charge is 0.231 e. The zero-order valence-corrected chi connectivity index (χ0v) is 12.8. The summed E-state index contributed by atoms with van der Waals surface area (Å²) < 4.78 is 0. The molecule has 2 aromatic rings. The highest BCUT2D eigenvalue weighted by Crippen LogP contribution is 2.46. The summed E-state index contributed by atoms with van der Waals surface area (Å²) in [5.74, 6) is 0.0361. The van der Waals surface area contributed by atoms with Crippen LogP contribution in [0.15, 0.2) is 42.5 Å². The fraction of sp³-hybridized carbons (Fsp3) is 0.263. The van der Waals surface area contributed by atoms with E-state index in [-0.39, 0.29) is 18.1 Å². The maximum absolute atomic E-state index is 11.8. The third-order valence-electron chi connectivity index (χ3n) is 4.16. The molecule has 0 saturated carbocycles. The molecule has 3 rings (SSSR count). The number of Topliss-reactive ketones (excluding diaryl/α,β-unsaturated/α-hetero) is 1. The molecule has 0 radical (unpaired) electrons. The zero-order valence-electron chi connectivity index (χ0n) is 12.8. The highest BCUT2D eigenvalue weighted by molar-refractivity contribution is 6.03. The van der Waals surface area contributed by atoms with Crippen molar-refractivity contribution in [3.63, 3.8) is 0 Å². The number of amides is 1. The van der Waals surface area contributed by atoms with Gasteiger partial charge in [0.05, 0.1) is 6.42 Å². The third kappa shape index (κ3) is 2.54. The van der Waals surface area contributed by atoms with Crippen molar-refractivity contribution < 1.29 is 9.59 Å². The van der Waals surface area contributed by atoms with Gasteiger partial charge in [-0.25, -0.2) is 0 Å². The van der Waals surface area contributed by atoms with Crippen molar-refractivity contribution in [2.45, 2.75) is 32.6 Å². The molecule has 1 atom stereocenters. The van der Waals surface area contributed by atoms with Crippen molar-refractivity contribution in [3.8, 4) is 11.1 Å². The molecular formula is C19H19NO2. The van der Waals surface area contributed by atoms with E-state index < -0.39 is 0 Å². The highest BCUT2D eigenvalue weighted by atomic mass is 16.2. The molecule has 0 aliphatic heterocycles. The Hall–Kier alpha value is -2.42. The minimum absolute atomic E-state index is 0.0781. The fourth-order valence-corrected chi connectivity index (χ4v) is 3.26. The van der Waals surface area contributed by atoms with Gasteiger partial charge in [0.15, 0.2) is 0 Å². The second-order valence-corrected chi connectivity index (χ2v) is 5.78. The van der Waals surface area contributed by atoms with Crippen LogP contribution in [0.4, 0.5) is 5.69 Å². The number of fused-ring (bicyclic) bond motifs is 3. The molecule has 0 aromatic heterocycles. The van der Waals surface area contributed by atoms with Crippen molar-refractivity contribution in [3.05, 3.63) is 53.6 Å². The van der Waals surface area contributed by atoms with Crippen LogP contribution in [-0.4, -0.2) is 11.7 Å². The van der Waals surface area contributed by atoms with Crippen LogP contribution in [0.3, 0.4) is 0 Å². The molecular weight excluding hydrogens is 274 g/mol. The van der Waals surface area contributed by atoms with Gasteiger partial charge in [-0.2, -0.15) is 0 Å². The van der Waals surface area contributed by atoms with Crippen LogP contribution in [0.1, 0.15) is 43.7 Å². The van der Waals surface area contributed by atoms with Gasteiger partial charge in [0.2, 0.25) is 5.91 Å². The van der Waals surface area contributed by atoms with E-state index >= 15 is 0 Å². The summed E-state index contributed by atoms with van der Waals surface area (Å²) in [5.41, 5.74) is 5.84.